The number of hydrogen-bond acceptors (Lipinski definition) is 5. The summed E-state index contributed by atoms with van der Waals surface area (Å²) in [5.74, 6) is -0.444. The first-order valence-electron chi connectivity index (χ1n) is 9.17. The first kappa shape index (κ1) is 19.8. The van der Waals surface area contributed by atoms with Crippen LogP contribution in [0.1, 0.15) is 28.8 Å². The monoisotopic (exact) mass is 384 g/mol. The van der Waals surface area contributed by atoms with Crippen molar-refractivity contribution in [2.24, 2.45) is 5.41 Å². The van der Waals surface area contributed by atoms with Gasteiger partial charge in [-0.25, -0.2) is 0 Å². The predicted octanol–water partition coefficient (Wildman–Crippen LogP) is 2.61. The zero-order chi connectivity index (χ0) is 20.0. The average molecular weight is 384 g/mol. The SMILES string of the molecule is COCC1(C(=O)O)CCCN(C(=O)c2ccc(OCc3ccncc3)cc2)C1. The van der Waals surface area contributed by atoms with E-state index < -0.39 is 11.4 Å². The zero-order valence-corrected chi connectivity index (χ0v) is 15.8. The van der Waals surface area contributed by atoms with Crippen LogP contribution in [0.2, 0.25) is 0 Å². The lowest BCUT2D eigenvalue weighted by Crippen LogP contribution is -2.52. The molecule has 1 aromatic carbocycles. The van der Waals surface area contributed by atoms with E-state index in [9.17, 15) is 14.7 Å². The molecule has 1 fully saturated rings. The standard InChI is InChI=1S/C21H24N2O5/c1-27-15-21(20(25)26)9-2-12-23(14-21)19(24)17-3-5-18(6-4-17)28-13-16-7-10-22-11-8-16/h3-8,10-11H,2,9,12-15H2,1H3,(H,25,26). The van der Waals surface area contributed by atoms with Gasteiger partial charge in [0.1, 0.15) is 17.8 Å². The Kier molecular flexibility index (Phi) is 6.26. The minimum atomic E-state index is -1.05. The summed E-state index contributed by atoms with van der Waals surface area (Å²) in [6.45, 7) is 1.20. The van der Waals surface area contributed by atoms with Crippen LogP contribution in [-0.4, -0.2) is 53.7 Å². The van der Waals surface area contributed by atoms with Crippen molar-refractivity contribution < 1.29 is 24.2 Å². The van der Waals surface area contributed by atoms with Gasteiger partial charge in [0.2, 0.25) is 0 Å². The Morgan fingerprint density at radius 1 is 1.18 bits per heavy atom. The van der Waals surface area contributed by atoms with Crippen molar-refractivity contribution in [2.75, 3.05) is 26.8 Å². The Hall–Kier alpha value is -2.93. The summed E-state index contributed by atoms with van der Waals surface area (Å²) in [4.78, 5) is 30.2. The van der Waals surface area contributed by atoms with Crippen LogP contribution in [0.3, 0.4) is 0 Å². The van der Waals surface area contributed by atoms with E-state index >= 15 is 0 Å². The second-order valence-electron chi connectivity index (χ2n) is 7.02. The number of benzene rings is 1. The van der Waals surface area contributed by atoms with Crippen LogP contribution in [0.4, 0.5) is 0 Å². The highest BCUT2D eigenvalue weighted by atomic mass is 16.5. The van der Waals surface area contributed by atoms with Crippen molar-refractivity contribution in [3.63, 3.8) is 0 Å². The number of carboxylic acids is 1. The molecule has 7 heteroatoms. The maximum atomic E-state index is 12.8. The van der Waals surface area contributed by atoms with Crippen LogP contribution in [0.15, 0.2) is 48.8 Å². The van der Waals surface area contributed by atoms with E-state index in [-0.39, 0.29) is 19.1 Å². The van der Waals surface area contributed by atoms with Crippen LogP contribution in [0, 0.1) is 5.41 Å². The van der Waals surface area contributed by atoms with Crippen LogP contribution < -0.4 is 4.74 Å². The minimum Gasteiger partial charge on any atom is -0.489 e. The van der Waals surface area contributed by atoms with Gasteiger partial charge in [0.05, 0.1) is 6.61 Å². The third-order valence-corrected chi connectivity index (χ3v) is 4.99. The maximum absolute atomic E-state index is 12.8. The first-order chi connectivity index (χ1) is 13.5. The number of likely N-dealkylation sites (tertiary alicyclic amines) is 1. The number of piperidine rings is 1. The van der Waals surface area contributed by atoms with Crippen molar-refractivity contribution in [3.8, 4) is 5.75 Å². The number of nitrogens with zero attached hydrogens (tertiary/aromatic N) is 2. The second kappa shape index (κ2) is 8.84. The number of ether oxygens (including phenoxy) is 2. The molecule has 3 rings (SSSR count). The van der Waals surface area contributed by atoms with Crippen molar-refractivity contribution in [2.45, 2.75) is 19.4 Å². The van der Waals surface area contributed by atoms with E-state index in [2.05, 4.69) is 4.98 Å². The number of hydrogen-bond donors (Lipinski definition) is 1. The third-order valence-electron chi connectivity index (χ3n) is 4.99. The maximum Gasteiger partial charge on any atom is 0.313 e. The summed E-state index contributed by atoms with van der Waals surface area (Å²) < 4.78 is 10.8. The van der Waals surface area contributed by atoms with Gasteiger partial charge in [-0.15, -0.1) is 0 Å². The topological polar surface area (TPSA) is 89.0 Å². The number of carbonyl (C=O) groups is 2. The minimum absolute atomic E-state index is 0.0912. The Labute approximate surface area is 163 Å². The Morgan fingerprint density at radius 2 is 1.89 bits per heavy atom. The Morgan fingerprint density at radius 3 is 2.54 bits per heavy atom. The number of pyridine rings is 1. The van der Waals surface area contributed by atoms with Crippen molar-refractivity contribution in [1.82, 2.24) is 9.88 Å². The highest BCUT2D eigenvalue weighted by molar-refractivity contribution is 5.95. The van der Waals surface area contributed by atoms with Gasteiger partial charge in [-0.1, -0.05) is 0 Å². The number of amides is 1. The van der Waals surface area contributed by atoms with Gasteiger partial charge in [-0.2, -0.15) is 0 Å². The summed E-state index contributed by atoms with van der Waals surface area (Å²) in [5.41, 5.74) is 0.470. The first-order valence-corrected chi connectivity index (χ1v) is 9.17. The molecule has 0 saturated carbocycles. The third kappa shape index (κ3) is 4.48. The molecule has 2 heterocycles. The average Bonchev–Trinajstić information content (AvgIpc) is 2.73. The molecular formula is C21H24N2O5. The molecule has 1 aliphatic heterocycles. The molecule has 1 N–H and O–H groups in total. The molecule has 1 saturated heterocycles. The van der Waals surface area contributed by atoms with E-state index in [1.54, 1.807) is 41.6 Å². The molecule has 2 aromatic rings. The molecular weight excluding hydrogens is 360 g/mol. The number of carbonyl (C=O) groups excluding carboxylic acids is 1. The lowest BCUT2D eigenvalue weighted by atomic mass is 9.80. The Bertz CT molecular complexity index is 805. The molecule has 1 aromatic heterocycles. The van der Waals surface area contributed by atoms with Gasteiger partial charge in [0, 0.05) is 38.2 Å². The number of methoxy groups -OCH3 is 1. The smallest absolute Gasteiger partial charge is 0.313 e. The van der Waals surface area contributed by atoms with E-state index in [0.717, 1.165) is 5.56 Å². The molecule has 0 spiro atoms. The summed E-state index contributed by atoms with van der Waals surface area (Å²) in [6.07, 6.45) is 4.55. The lowest BCUT2D eigenvalue weighted by Gasteiger charge is -2.39. The van der Waals surface area contributed by atoms with Gasteiger partial charge in [0.25, 0.3) is 5.91 Å². The van der Waals surface area contributed by atoms with Crippen LogP contribution in [0.5, 0.6) is 5.75 Å². The molecule has 1 unspecified atom stereocenters. The fourth-order valence-electron chi connectivity index (χ4n) is 3.46. The summed E-state index contributed by atoms with van der Waals surface area (Å²) in [7, 11) is 1.48. The van der Waals surface area contributed by atoms with Gasteiger partial charge >= 0.3 is 5.97 Å². The largest absolute Gasteiger partial charge is 0.489 e. The number of aliphatic carboxylic acids is 1. The van der Waals surface area contributed by atoms with Gasteiger partial charge < -0.3 is 19.5 Å². The van der Waals surface area contributed by atoms with Gasteiger partial charge in [0.15, 0.2) is 0 Å². The molecule has 1 aliphatic rings. The predicted molar refractivity (Wildman–Crippen MR) is 102 cm³/mol. The number of carboxylic acid groups (broad SMARTS) is 1. The van der Waals surface area contributed by atoms with Crippen molar-refractivity contribution in [1.29, 1.82) is 0 Å². The molecule has 0 radical (unpaired) electrons. The second-order valence-corrected chi connectivity index (χ2v) is 7.02. The normalized spacial score (nSPS) is 19.2. The summed E-state index contributed by atoms with van der Waals surface area (Å²) >= 11 is 0. The summed E-state index contributed by atoms with van der Waals surface area (Å²) in [5, 5.41) is 9.64. The number of rotatable bonds is 7. The van der Waals surface area contributed by atoms with Gasteiger partial charge in [-0.05, 0) is 54.8 Å². The molecule has 0 bridgehead atoms. The van der Waals surface area contributed by atoms with E-state index in [4.69, 9.17) is 9.47 Å². The molecule has 0 aliphatic carbocycles. The zero-order valence-electron chi connectivity index (χ0n) is 15.8. The summed E-state index contributed by atoms with van der Waals surface area (Å²) in [6, 6.07) is 10.7. The fourth-order valence-corrected chi connectivity index (χ4v) is 3.46. The highest BCUT2D eigenvalue weighted by Crippen LogP contribution is 2.31. The Balaban J connectivity index is 1.64. The van der Waals surface area contributed by atoms with Crippen LogP contribution in [-0.2, 0) is 16.1 Å². The molecule has 1 amide bonds. The highest BCUT2D eigenvalue weighted by Gasteiger charge is 2.43. The van der Waals surface area contributed by atoms with Crippen LogP contribution >= 0.6 is 0 Å². The molecule has 148 valence electrons. The lowest BCUT2D eigenvalue weighted by molar-refractivity contribution is -0.155. The molecule has 28 heavy (non-hydrogen) atoms. The molecule has 7 nitrogen and oxygen atoms in total. The quantitative estimate of drug-likeness (QED) is 0.789. The van der Waals surface area contributed by atoms with Crippen molar-refractivity contribution in [3.05, 3.63) is 59.9 Å². The fraction of sp³-hybridized carbons (Fsp3) is 0.381. The van der Waals surface area contributed by atoms with Crippen molar-refractivity contribution >= 4 is 11.9 Å². The number of aromatic nitrogens is 1. The van der Waals surface area contributed by atoms with Gasteiger partial charge in [-0.3, -0.25) is 14.6 Å². The molecule has 1 atom stereocenters. The van der Waals surface area contributed by atoms with E-state index in [0.29, 0.717) is 37.3 Å². The van der Waals surface area contributed by atoms with E-state index in [1.165, 1.54) is 7.11 Å². The van der Waals surface area contributed by atoms with E-state index in [1.807, 2.05) is 12.1 Å². The van der Waals surface area contributed by atoms with Crippen LogP contribution in [0.25, 0.3) is 0 Å².